The van der Waals surface area contributed by atoms with Gasteiger partial charge in [-0.25, -0.2) is 8.78 Å². The predicted octanol–water partition coefficient (Wildman–Crippen LogP) is 1.66. The molecule has 0 saturated heterocycles. The van der Waals surface area contributed by atoms with Gasteiger partial charge in [0.2, 0.25) is 0 Å². The number of pyridine rings is 1. The molecule has 0 aromatic carbocycles. The lowest BCUT2D eigenvalue weighted by atomic mass is 10.1. The Kier molecular flexibility index (Phi) is 5.88. The van der Waals surface area contributed by atoms with E-state index in [0.29, 0.717) is 12.8 Å². The van der Waals surface area contributed by atoms with Crippen molar-refractivity contribution in [2.24, 2.45) is 0 Å². The van der Waals surface area contributed by atoms with E-state index in [9.17, 15) is 13.9 Å². The van der Waals surface area contributed by atoms with Crippen molar-refractivity contribution in [1.82, 2.24) is 4.98 Å². The minimum absolute atomic E-state index is 0.145. The normalized spacial score (nSPS) is 13.0. The molecular formula is C11H15F2NO2. The number of hydrogen-bond donors (Lipinski definition) is 1. The van der Waals surface area contributed by atoms with Crippen LogP contribution < -0.4 is 0 Å². The Labute approximate surface area is 93.1 Å². The molecule has 0 aliphatic heterocycles. The van der Waals surface area contributed by atoms with Crippen molar-refractivity contribution in [1.29, 1.82) is 0 Å². The standard InChI is InChI=1S/C11H15F2NO2/c12-11(13)8-16-5-3-10(15)6-9-2-1-4-14-7-9/h1-2,4,7,10-11,15H,3,5-6,8H2. The molecule has 0 aliphatic rings. The van der Waals surface area contributed by atoms with Crippen molar-refractivity contribution in [3.8, 4) is 0 Å². The third-order valence-electron chi connectivity index (χ3n) is 2.03. The molecule has 90 valence electrons. The summed E-state index contributed by atoms with van der Waals surface area (Å²) in [5.41, 5.74) is 0.920. The van der Waals surface area contributed by atoms with Gasteiger partial charge in [-0.15, -0.1) is 0 Å². The van der Waals surface area contributed by atoms with Crippen molar-refractivity contribution in [2.45, 2.75) is 25.4 Å². The third-order valence-corrected chi connectivity index (χ3v) is 2.03. The van der Waals surface area contributed by atoms with Gasteiger partial charge in [-0.1, -0.05) is 6.07 Å². The van der Waals surface area contributed by atoms with Crippen molar-refractivity contribution >= 4 is 0 Å². The topological polar surface area (TPSA) is 42.4 Å². The van der Waals surface area contributed by atoms with Crippen LogP contribution in [0.25, 0.3) is 0 Å². The van der Waals surface area contributed by atoms with Crippen LogP contribution >= 0.6 is 0 Å². The smallest absolute Gasteiger partial charge is 0.261 e. The molecule has 0 saturated carbocycles. The first-order chi connectivity index (χ1) is 7.68. The lowest BCUT2D eigenvalue weighted by Crippen LogP contribution is -2.15. The lowest BCUT2D eigenvalue weighted by Gasteiger charge is -2.10. The summed E-state index contributed by atoms with van der Waals surface area (Å²) in [5, 5.41) is 9.57. The summed E-state index contributed by atoms with van der Waals surface area (Å²) in [6.45, 7) is -0.425. The maximum absolute atomic E-state index is 11.7. The molecule has 1 atom stereocenters. The number of aliphatic hydroxyl groups excluding tert-OH is 1. The Balaban J connectivity index is 2.14. The van der Waals surface area contributed by atoms with Crippen LogP contribution in [0.1, 0.15) is 12.0 Å². The second kappa shape index (κ2) is 7.24. The largest absolute Gasteiger partial charge is 0.393 e. The Morgan fingerprint density at radius 1 is 1.44 bits per heavy atom. The number of ether oxygens (including phenoxy) is 1. The van der Waals surface area contributed by atoms with E-state index >= 15 is 0 Å². The summed E-state index contributed by atoms with van der Waals surface area (Å²) in [5.74, 6) is 0. The molecule has 0 radical (unpaired) electrons. The summed E-state index contributed by atoms with van der Waals surface area (Å²) >= 11 is 0. The average Bonchev–Trinajstić information content (AvgIpc) is 2.25. The molecular weight excluding hydrogens is 216 g/mol. The van der Waals surface area contributed by atoms with Gasteiger partial charge in [0.05, 0.1) is 6.10 Å². The van der Waals surface area contributed by atoms with Gasteiger partial charge in [-0.05, 0) is 24.5 Å². The number of alkyl halides is 2. The highest BCUT2D eigenvalue weighted by Gasteiger charge is 2.07. The van der Waals surface area contributed by atoms with E-state index in [1.54, 1.807) is 18.5 Å². The van der Waals surface area contributed by atoms with Gasteiger partial charge in [-0.3, -0.25) is 4.98 Å². The van der Waals surface area contributed by atoms with Crippen molar-refractivity contribution < 1.29 is 18.6 Å². The predicted molar refractivity (Wildman–Crippen MR) is 55.4 cm³/mol. The van der Waals surface area contributed by atoms with E-state index in [2.05, 4.69) is 9.72 Å². The van der Waals surface area contributed by atoms with Crippen LogP contribution in [0.4, 0.5) is 8.78 Å². The second-order valence-electron chi connectivity index (χ2n) is 3.47. The van der Waals surface area contributed by atoms with E-state index in [1.807, 2.05) is 6.07 Å². The molecule has 0 aliphatic carbocycles. The molecule has 1 heterocycles. The molecule has 1 N–H and O–H groups in total. The molecule has 3 nitrogen and oxygen atoms in total. The Morgan fingerprint density at radius 2 is 2.25 bits per heavy atom. The number of aliphatic hydroxyl groups is 1. The van der Waals surface area contributed by atoms with E-state index in [0.717, 1.165) is 5.56 Å². The minimum atomic E-state index is -2.45. The van der Waals surface area contributed by atoms with E-state index < -0.39 is 19.1 Å². The first-order valence-electron chi connectivity index (χ1n) is 5.11. The molecule has 0 bridgehead atoms. The molecule has 1 unspecified atom stereocenters. The van der Waals surface area contributed by atoms with Crippen LogP contribution in [0.3, 0.4) is 0 Å². The maximum atomic E-state index is 11.7. The minimum Gasteiger partial charge on any atom is -0.393 e. The van der Waals surface area contributed by atoms with Crippen LogP contribution in [-0.4, -0.2) is 35.8 Å². The number of aromatic nitrogens is 1. The van der Waals surface area contributed by atoms with Crippen LogP contribution in [-0.2, 0) is 11.2 Å². The fraction of sp³-hybridized carbons (Fsp3) is 0.545. The number of hydrogen-bond acceptors (Lipinski definition) is 3. The Bertz CT molecular complexity index is 283. The van der Waals surface area contributed by atoms with Gasteiger partial charge >= 0.3 is 0 Å². The fourth-order valence-corrected chi connectivity index (χ4v) is 1.28. The molecule has 0 fully saturated rings. The Morgan fingerprint density at radius 3 is 2.88 bits per heavy atom. The highest BCUT2D eigenvalue weighted by molar-refractivity contribution is 5.09. The second-order valence-corrected chi connectivity index (χ2v) is 3.47. The molecule has 1 aromatic rings. The number of rotatable bonds is 7. The fourth-order valence-electron chi connectivity index (χ4n) is 1.28. The number of nitrogens with zero attached hydrogens (tertiary/aromatic N) is 1. The van der Waals surface area contributed by atoms with Gasteiger partial charge in [0.15, 0.2) is 0 Å². The molecule has 0 spiro atoms. The monoisotopic (exact) mass is 231 g/mol. The first-order valence-corrected chi connectivity index (χ1v) is 5.11. The zero-order valence-electron chi connectivity index (χ0n) is 8.85. The number of halogens is 2. The SMILES string of the molecule is OC(CCOCC(F)F)Cc1cccnc1. The zero-order valence-corrected chi connectivity index (χ0v) is 8.85. The molecule has 1 rings (SSSR count). The van der Waals surface area contributed by atoms with E-state index in [1.165, 1.54) is 0 Å². The van der Waals surface area contributed by atoms with Gasteiger partial charge in [0.25, 0.3) is 6.43 Å². The quantitative estimate of drug-likeness (QED) is 0.726. The molecule has 1 aromatic heterocycles. The van der Waals surface area contributed by atoms with Crippen LogP contribution in [0.15, 0.2) is 24.5 Å². The van der Waals surface area contributed by atoms with E-state index in [-0.39, 0.29) is 6.61 Å². The van der Waals surface area contributed by atoms with Gasteiger partial charge in [0.1, 0.15) is 6.61 Å². The average molecular weight is 231 g/mol. The van der Waals surface area contributed by atoms with Gasteiger partial charge in [0, 0.05) is 19.0 Å². The van der Waals surface area contributed by atoms with Gasteiger partial charge < -0.3 is 9.84 Å². The Hall–Kier alpha value is -1.07. The van der Waals surface area contributed by atoms with Crippen molar-refractivity contribution in [2.75, 3.05) is 13.2 Å². The van der Waals surface area contributed by atoms with Crippen LogP contribution in [0.2, 0.25) is 0 Å². The van der Waals surface area contributed by atoms with Crippen molar-refractivity contribution in [3.05, 3.63) is 30.1 Å². The summed E-state index contributed by atoms with van der Waals surface area (Å²) in [6.07, 6.45) is 1.11. The lowest BCUT2D eigenvalue weighted by molar-refractivity contribution is 0.00512. The summed E-state index contributed by atoms with van der Waals surface area (Å²) in [7, 11) is 0. The third kappa shape index (κ3) is 5.72. The highest BCUT2D eigenvalue weighted by Crippen LogP contribution is 2.04. The molecule has 5 heteroatoms. The maximum Gasteiger partial charge on any atom is 0.261 e. The van der Waals surface area contributed by atoms with E-state index in [4.69, 9.17) is 0 Å². The van der Waals surface area contributed by atoms with Crippen LogP contribution in [0, 0.1) is 0 Å². The molecule has 16 heavy (non-hydrogen) atoms. The summed E-state index contributed by atoms with van der Waals surface area (Å²) in [6, 6.07) is 3.64. The zero-order chi connectivity index (χ0) is 11.8. The van der Waals surface area contributed by atoms with Crippen LogP contribution in [0.5, 0.6) is 0 Å². The summed E-state index contributed by atoms with van der Waals surface area (Å²) < 4.78 is 28.1. The first kappa shape index (κ1) is 13.0. The van der Waals surface area contributed by atoms with Gasteiger partial charge in [-0.2, -0.15) is 0 Å². The highest BCUT2D eigenvalue weighted by atomic mass is 19.3. The van der Waals surface area contributed by atoms with Crippen molar-refractivity contribution in [3.63, 3.8) is 0 Å². The molecule has 0 amide bonds. The summed E-state index contributed by atoms with van der Waals surface area (Å²) in [4.78, 5) is 3.92.